The molecule has 2 heterocycles. The van der Waals surface area contributed by atoms with Crippen molar-refractivity contribution in [3.05, 3.63) is 59.9 Å². The fourth-order valence-electron chi connectivity index (χ4n) is 3.44. The van der Waals surface area contributed by atoms with Crippen LogP contribution >= 0.6 is 0 Å². The summed E-state index contributed by atoms with van der Waals surface area (Å²) in [6.07, 6.45) is 0. The molecule has 0 saturated carbocycles. The summed E-state index contributed by atoms with van der Waals surface area (Å²) in [5.41, 5.74) is 1.40. The Morgan fingerprint density at radius 3 is 2.19 bits per heavy atom. The molecule has 0 bridgehead atoms. The summed E-state index contributed by atoms with van der Waals surface area (Å²) in [5, 5.41) is -0.188. The lowest BCUT2D eigenvalue weighted by Gasteiger charge is -2.34. The molecule has 1 aromatic heterocycles. The van der Waals surface area contributed by atoms with Gasteiger partial charge in [-0.05, 0) is 43.3 Å². The van der Waals surface area contributed by atoms with E-state index in [1.807, 2.05) is 6.92 Å². The number of amides is 1. The summed E-state index contributed by atoms with van der Waals surface area (Å²) in [4.78, 5) is 19.5. The topological polar surface area (TPSA) is 83.7 Å². The van der Waals surface area contributed by atoms with Crippen molar-refractivity contribution >= 4 is 21.6 Å². The zero-order valence-corrected chi connectivity index (χ0v) is 18.0. The maximum atomic E-state index is 13.4. The molecule has 0 unspecified atom stereocenters. The highest BCUT2D eigenvalue weighted by molar-refractivity contribution is 7.91. The minimum atomic E-state index is -3.96. The van der Waals surface area contributed by atoms with Gasteiger partial charge in [-0.3, -0.25) is 4.79 Å². The Morgan fingerprint density at radius 2 is 1.61 bits per heavy atom. The molecule has 31 heavy (non-hydrogen) atoms. The van der Waals surface area contributed by atoms with Gasteiger partial charge in [-0.1, -0.05) is 17.7 Å². The fourth-order valence-corrected chi connectivity index (χ4v) is 4.76. The quantitative estimate of drug-likeness (QED) is 0.615. The first-order valence-electron chi connectivity index (χ1n) is 9.85. The number of piperazine rings is 1. The van der Waals surface area contributed by atoms with E-state index in [1.54, 1.807) is 21.9 Å². The summed E-state index contributed by atoms with van der Waals surface area (Å²) in [6, 6.07) is 12.0. The molecular formula is C22H22FN3O4S. The smallest absolute Gasteiger partial charge is 0.236 e. The van der Waals surface area contributed by atoms with Gasteiger partial charge < -0.3 is 14.2 Å². The van der Waals surface area contributed by atoms with E-state index < -0.39 is 15.7 Å². The van der Waals surface area contributed by atoms with Crippen molar-refractivity contribution < 1.29 is 22.0 Å². The molecule has 9 heteroatoms. The molecule has 1 aliphatic heterocycles. The van der Waals surface area contributed by atoms with Gasteiger partial charge in [-0.15, -0.1) is 0 Å². The standard InChI is InChI=1S/C22H22FN3O4S/c1-15-3-9-19(10-4-15)31(28,29)21-22(26-13-11-25(12-14-26)16(2)27)30-20(24-21)17-5-7-18(23)8-6-17/h3-10H,11-14H2,1-2H3. The predicted molar refractivity (Wildman–Crippen MR) is 113 cm³/mol. The highest BCUT2D eigenvalue weighted by Crippen LogP contribution is 2.35. The van der Waals surface area contributed by atoms with E-state index in [4.69, 9.17) is 4.42 Å². The van der Waals surface area contributed by atoms with Gasteiger partial charge in [0.25, 0.3) is 0 Å². The van der Waals surface area contributed by atoms with E-state index in [0.29, 0.717) is 31.7 Å². The zero-order chi connectivity index (χ0) is 22.2. The molecule has 2 aromatic carbocycles. The average Bonchev–Trinajstić information content (AvgIpc) is 3.21. The number of aromatic nitrogens is 1. The fraction of sp³-hybridized carbons (Fsp3) is 0.273. The van der Waals surface area contributed by atoms with Crippen molar-refractivity contribution in [2.75, 3.05) is 31.1 Å². The van der Waals surface area contributed by atoms with Crippen LogP contribution in [0.1, 0.15) is 12.5 Å². The van der Waals surface area contributed by atoms with Crippen LogP contribution in [0.2, 0.25) is 0 Å². The maximum Gasteiger partial charge on any atom is 0.236 e. The molecular weight excluding hydrogens is 421 g/mol. The van der Waals surface area contributed by atoms with Gasteiger partial charge >= 0.3 is 0 Å². The minimum absolute atomic E-state index is 0.0308. The first-order valence-corrected chi connectivity index (χ1v) is 11.3. The van der Waals surface area contributed by atoms with Gasteiger partial charge in [-0.25, -0.2) is 12.8 Å². The van der Waals surface area contributed by atoms with Crippen molar-refractivity contribution in [1.82, 2.24) is 9.88 Å². The summed E-state index contributed by atoms with van der Waals surface area (Å²) in [6.45, 7) is 5.10. The second kappa shape index (κ2) is 8.14. The second-order valence-corrected chi connectivity index (χ2v) is 9.31. The number of aryl methyl sites for hydroxylation is 1. The molecule has 0 atom stereocenters. The Morgan fingerprint density at radius 1 is 1.00 bits per heavy atom. The molecule has 0 radical (unpaired) electrons. The van der Waals surface area contributed by atoms with Gasteiger partial charge in [0.15, 0.2) is 0 Å². The van der Waals surface area contributed by atoms with E-state index in [-0.39, 0.29) is 27.6 Å². The molecule has 3 aromatic rings. The Hall–Kier alpha value is -3.20. The monoisotopic (exact) mass is 443 g/mol. The van der Waals surface area contributed by atoms with Gasteiger partial charge in [0.05, 0.1) is 4.90 Å². The number of carbonyl (C=O) groups is 1. The molecule has 7 nitrogen and oxygen atoms in total. The Bertz CT molecular complexity index is 1200. The Balaban J connectivity index is 1.78. The molecule has 4 rings (SSSR count). The number of hydrogen-bond acceptors (Lipinski definition) is 6. The Labute approximate surface area is 180 Å². The third-order valence-electron chi connectivity index (χ3n) is 5.27. The van der Waals surface area contributed by atoms with Crippen LogP contribution in [0.4, 0.5) is 10.3 Å². The third-order valence-corrected chi connectivity index (χ3v) is 6.94. The largest absolute Gasteiger partial charge is 0.419 e. The first kappa shape index (κ1) is 21.0. The highest BCUT2D eigenvalue weighted by Gasteiger charge is 2.33. The maximum absolute atomic E-state index is 13.4. The number of carbonyl (C=O) groups excluding carboxylic acids is 1. The van der Waals surface area contributed by atoms with Crippen molar-refractivity contribution in [3.63, 3.8) is 0 Å². The number of sulfone groups is 1. The van der Waals surface area contributed by atoms with Crippen molar-refractivity contribution in [2.24, 2.45) is 0 Å². The van der Waals surface area contributed by atoms with Gasteiger partial charge in [0.1, 0.15) is 5.82 Å². The van der Waals surface area contributed by atoms with Crippen LogP contribution in [-0.2, 0) is 14.6 Å². The molecule has 1 aliphatic rings. The lowest BCUT2D eigenvalue weighted by atomic mass is 10.2. The van der Waals surface area contributed by atoms with Crippen molar-refractivity contribution in [1.29, 1.82) is 0 Å². The lowest BCUT2D eigenvalue weighted by Crippen LogP contribution is -2.48. The summed E-state index contributed by atoms with van der Waals surface area (Å²) >= 11 is 0. The number of halogens is 1. The number of benzene rings is 2. The minimum Gasteiger partial charge on any atom is -0.419 e. The van der Waals surface area contributed by atoms with E-state index in [0.717, 1.165) is 5.56 Å². The van der Waals surface area contributed by atoms with Crippen LogP contribution < -0.4 is 4.90 Å². The van der Waals surface area contributed by atoms with Crippen molar-refractivity contribution in [2.45, 2.75) is 23.8 Å². The average molecular weight is 444 g/mol. The summed E-state index contributed by atoms with van der Waals surface area (Å²) in [5.74, 6) is -0.224. The lowest BCUT2D eigenvalue weighted by molar-refractivity contribution is -0.129. The van der Waals surface area contributed by atoms with Crippen molar-refractivity contribution in [3.8, 4) is 11.5 Å². The van der Waals surface area contributed by atoms with Crippen LogP contribution in [0.25, 0.3) is 11.5 Å². The number of hydrogen-bond donors (Lipinski definition) is 0. The van der Waals surface area contributed by atoms with E-state index in [9.17, 15) is 17.6 Å². The van der Waals surface area contributed by atoms with Crippen LogP contribution in [0.5, 0.6) is 0 Å². The molecule has 1 saturated heterocycles. The SMILES string of the molecule is CC(=O)N1CCN(c2oc(-c3ccc(F)cc3)nc2S(=O)(=O)c2ccc(C)cc2)CC1. The van der Waals surface area contributed by atoms with Crippen LogP contribution in [0.15, 0.2) is 62.9 Å². The normalized spacial score (nSPS) is 14.7. The molecule has 0 spiro atoms. The summed E-state index contributed by atoms with van der Waals surface area (Å²) in [7, 11) is -3.96. The van der Waals surface area contributed by atoms with Crippen LogP contribution in [0.3, 0.4) is 0 Å². The van der Waals surface area contributed by atoms with Crippen LogP contribution in [-0.4, -0.2) is 50.4 Å². The molecule has 0 aliphatic carbocycles. The Kier molecular flexibility index (Phi) is 5.53. The number of anilines is 1. The van der Waals surface area contributed by atoms with E-state index in [1.165, 1.54) is 43.3 Å². The van der Waals surface area contributed by atoms with Gasteiger partial charge in [0.2, 0.25) is 32.5 Å². The predicted octanol–water partition coefficient (Wildman–Crippen LogP) is 3.29. The first-order chi connectivity index (χ1) is 14.8. The zero-order valence-electron chi connectivity index (χ0n) is 17.2. The molecule has 1 fully saturated rings. The summed E-state index contributed by atoms with van der Waals surface area (Å²) < 4.78 is 46.1. The van der Waals surface area contributed by atoms with Gasteiger partial charge in [-0.2, -0.15) is 4.98 Å². The molecule has 162 valence electrons. The molecule has 0 N–H and O–H groups in total. The second-order valence-electron chi connectivity index (χ2n) is 7.45. The molecule has 1 amide bonds. The number of rotatable bonds is 4. The van der Waals surface area contributed by atoms with Crippen LogP contribution in [0, 0.1) is 12.7 Å². The number of nitrogens with zero attached hydrogens (tertiary/aromatic N) is 3. The third kappa shape index (κ3) is 4.18. The van der Waals surface area contributed by atoms with E-state index >= 15 is 0 Å². The highest BCUT2D eigenvalue weighted by atomic mass is 32.2. The number of oxazole rings is 1. The van der Waals surface area contributed by atoms with E-state index in [2.05, 4.69) is 4.98 Å². The van der Waals surface area contributed by atoms with Gasteiger partial charge in [0, 0.05) is 38.7 Å².